The summed E-state index contributed by atoms with van der Waals surface area (Å²) in [6, 6.07) is 5.84. The fourth-order valence-corrected chi connectivity index (χ4v) is 2.10. The topological polar surface area (TPSA) is 71.2 Å². The van der Waals surface area contributed by atoms with Gasteiger partial charge in [-0.25, -0.2) is 0 Å². The van der Waals surface area contributed by atoms with Crippen LogP contribution < -0.4 is 11.1 Å². The van der Waals surface area contributed by atoms with Crippen molar-refractivity contribution in [3.8, 4) is 0 Å². The monoisotopic (exact) mass is 309 g/mol. The van der Waals surface area contributed by atoms with Gasteiger partial charge in [0.25, 0.3) is 0 Å². The minimum Gasteiger partial charge on any atom is -0.396 e. The second-order valence-corrected chi connectivity index (χ2v) is 5.11. The fraction of sp³-hybridized carbons (Fsp3) is 0.308. The number of nitrogen functional groups attached to an aromatic ring is 1. The van der Waals surface area contributed by atoms with Gasteiger partial charge >= 0.3 is 0 Å². The molecule has 2 aromatic rings. The predicted molar refractivity (Wildman–Crippen MR) is 78.6 cm³/mol. The van der Waals surface area contributed by atoms with Crippen molar-refractivity contribution in [2.75, 3.05) is 17.6 Å². The van der Waals surface area contributed by atoms with Gasteiger partial charge in [-0.15, -0.1) is 0 Å². The molecule has 1 heterocycles. The van der Waals surface area contributed by atoms with E-state index >= 15 is 0 Å². The van der Waals surface area contributed by atoms with E-state index in [1.165, 1.54) is 0 Å². The molecule has 2 rings (SSSR count). The van der Waals surface area contributed by atoms with E-state index in [0.29, 0.717) is 18.7 Å². The van der Waals surface area contributed by atoms with Gasteiger partial charge in [0.05, 0.1) is 29.2 Å². The second kappa shape index (κ2) is 5.54. The lowest BCUT2D eigenvalue weighted by atomic mass is 10.1. The number of nitrogens with two attached hydrogens (primary N) is 1. The number of nitrogens with one attached hydrogen (secondary N) is 1. The molecule has 0 saturated heterocycles. The molecule has 1 aromatic heterocycles. The van der Waals surface area contributed by atoms with Gasteiger partial charge in [-0.3, -0.25) is 4.98 Å². The number of hydrogen-bond donors (Lipinski definition) is 3. The molecule has 0 amide bonds. The Balaban J connectivity index is 2.40. The van der Waals surface area contributed by atoms with Crippen LogP contribution in [0.5, 0.6) is 0 Å². The Morgan fingerprint density at radius 2 is 2.28 bits per heavy atom. The van der Waals surface area contributed by atoms with Crippen LogP contribution in [0.4, 0.5) is 11.4 Å². The van der Waals surface area contributed by atoms with Crippen LogP contribution in [-0.2, 0) is 0 Å². The van der Waals surface area contributed by atoms with Crippen molar-refractivity contribution in [2.45, 2.75) is 19.4 Å². The highest BCUT2D eigenvalue weighted by Crippen LogP contribution is 2.29. The molecule has 1 aromatic carbocycles. The number of aliphatic hydroxyl groups excluding tert-OH is 1. The maximum atomic E-state index is 9.61. The number of hydrogen-bond acceptors (Lipinski definition) is 4. The molecule has 0 aliphatic heterocycles. The van der Waals surface area contributed by atoms with Crippen molar-refractivity contribution in [3.63, 3.8) is 0 Å². The molecule has 0 saturated carbocycles. The van der Waals surface area contributed by atoms with Crippen LogP contribution in [0.3, 0.4) is 0 Å². The Labute approximate surface area is 114 Å². The average Bonchev–Trinajstić information content (AvgIpc) is 2.37. The van der Waals surface area contributed by atoms with E-state index in [2.05, 4.69) is 26.2 Å². The Kier molecular flexibility index (Phi) is 4.04. The molecule has 0 bridgehead atoms. The van der Waals surface area contributed by atoms with Crippen LogP contribution in [0.2, 0.25) is 0 Å². The Morgan fingerprint density at radius 1 is 1.50 bits per heavy atom. The van der Waals surface area contributed by atoms with E-state index in [1.54, 1.807) is 6.20 Å². The third-order valence-corrected chi connectivity index (χ3v) is 3.34. The van der Waals surface area contributed by atoms with Crippen LogP contribution in [-0.4, -0.2) is 22.7 Å². The maximum Gasteiger partial charge on any atom is 0.0743 e. The number of benzene rings is 1. The number of fused-ring (bicyclic) bond motifs is 1. The standard InChI is InChI=1S/C13H16BrN3O/c1-2-9(18)6-17-13-10-5-8(14)3-4-12(10)16-7-11(13)15/h3-5,7,9,18H,2,6,15H2,1H3,(H,16,17). The number of nitrogens with zero attached hydrogens (tertiary/aromatic N) is 1. The summed E-state index contributed by atoms with van der Waals surface area (Å²) in [4.78, 5) is 4.28. The van der Waals surface area contributed by atoms with Gasteiger partial charge in [0.1, 0.15) is 0 Å². The van der Waals surface area contributed by atoms with E-state index in [0.717, 1.165) is 21.1 Å². The van der Waals surface area contributed by atoms with Crippen LogP contribution in [0.15, 0.2) is 28.9 Å². The zero-order valence-corrected chi connectivity index (χ0v) is 11.7. The van der Waals surface area contributed by atoms with E-state index in [4.69, 9.17) is 5.73 Å². The molecule has 0 radical (unpaired) electrons. The van der Waals surface area contributed by atoms with Gasteiger partial charge in [0.2, 0.25) is 0 Å². The summed E-state index contributed by atoms with van der Waals surface area (Å²) in [5, 5.41) is 13.8. The van der Waals surface area contributed by atoms with Crippen LogP contribution in [0.25, 0.3) is 10.9 Å². The highest BCUT2D eigenvalue weighted by atomic mass is 79.9. The van der Waals surface area contributed by atoms with Gasteiger partial charge in [0.15, 0.2) is 0 Å². The largest absolute Gasteiger partial charge is 0.396 e. The molecular formula is C13H16BrN3O. The molecule has 0 fully saturated rings. The SMILES string of the molecule is CCC(O)CNc1c(N)cnc2ccc(Br)cc12. The first-order chi connectivity index (χ1) is 8.61. The first-order valence-corrected chi connectivity index (χ1v) is 6.66. The second-order valence-electron chi connectivity index (χ2n) is 4.19. The molecule has 4 N–H and O–H groups in total. The Bertz CT molecular complexity index is 554. The fourth-order valence-electron chi connectivity index (χ4n) is 1.74. The van der Waals surface area contributed by atoms with E-state index < -0.39 is 0 Å². The molecule has 1 unspecified atom stereocenters. The number of anilines is 2. The van der Waals surface area contributed by atoms with Gasteiger partial charge < -0.3 is 16.2 Å². The first kappa shape index (κ1) is 13.1. The Morgan fingerprint density at radius 3 is 3.00 bits per heavy atom. The summed E-state index contributed by atoms with van der Waals surface area (Å²) in [5.74, 6) is 0. The lowest BCUT2D eigenvalue weighted by molar-refractivity contribution is 0.183. The van der Waals surface area contributed by atoms with Gasteiger partial charge in [0, 0.05) is 16.4 Å². The summed E-state index contributed by atoms with van der Waals surface area (Å²) in [5.41, 5.74) is 8.23. The van der Waals surface area contributed by atoms with E-state index in [-0.39, 0.29) is 6.10 Å². The minimum atomic E-state index is -0.375. The summed E-state index contributed by atoms with van der Waals surface area (Å²) in [6.07, 6.45) is 1.97. The number of aromatic nitrogens is 1. The third kappa shape index (κ3) is 2.73. The molecular weight excluding hydrogens is 294 g/mol. The van der Waals surface area contributed by atoms with Gasteiger partial charge in [-0.1, -0.05) is 22.9 Å². The molecule has 5 heteroatoms. The molecule has 96 valence electrons. The zero-order chi connectivity index (χ0) is 13.1. The predicted octanol–water partition coefficient (Wildman–Crippen LogP) is 2.76. The maximum absolute atomic E-state index is 9.61. The molecule has 0 aliphatic rings. The summed E-state index contributed by atoms with van der Waals surface area (Å²) >= 11 is 3.44. The van der Waals surface area contributed by atoms with E-state index in [9.17, 15) is 5.11 Å². The van der Waals surface area contributed by atoms with Crippen LogP contribution in [0.1, 0.15) is 13.3 Å². The van der Waals surface area contributed by atoms with Crippen molar-refractivity contribution in [1.82, 2.24) is 4.98 Å². The van der Waals surface area contributed by atoms with Crippen LogP contribution >= 0.6 is 15.9 Å². The van der Waals surface area contributed by atoms with Crippen LogP contribution in [0, 0.1) is 0 Å². The van der Waals surface area contributed by atoms with E-state index in [1.807, 2.05) is 25.1 Å². The smallest absolute Gasteiger partial charge is 0.0743 e. The lowest BCUT2D eigenvalue weighted by Crippen LogP contribution is -2.19. The lowest BCUT2D eigenvalue weighted by Gasteiger charge is -2.14. The van der Waals surface area contributed by atoms with Crippen molar-refractivity contribution in [1.29, 1.82) is 0 Å². The van der Waals surface area contributed by atoms with Crippen molar-refractivity contribution in [3.05, 3.63) is 28.9 Å². The molecule has 0 spiro atoms. The molecule has 0 aliphatic carbocycles. The average molecular weight is 310 g/mol. The minimum absolute atomic E-state index is 0.375. The van der Waals surface area contributed by atoms with Crippen molar-refractivity contribution >= 4 is 38.2 Å². The quantitative estimate of drug-likeness (QED) is 0.812. The number of rotatable bonds is 4. The molecule has 18 heavy (non-hydrogen) atoms. The zero-order valence-electron chi connectivity index (χ0n) is 10.2. The normalized spacial score (nSPS) is 12.6. The number of halogens is 1. The van der Waals surface area contributed by atoms with Crippen molar-refractivity contribution in [2.24, 2.45) is 0 Å². The van der Waals surface area contributed by atoms with Crippen molar-refractivity contribution < 1.29 is 5.11 Å². The van der Waals surface area contributed by atoms with Gasteiger partial charge in [-0.05, 0) is 24.6 Å². The summed E-state index contributed by atoms with van der Waals surface area (Å²) in [6.45, 7) is 2.42. The highest BCUT2D eigenvalue weighted by molar-refractivity contribution is 9.10. The summed E-state index contributed by atoms with van der Waals surface area (Å²) < 4.78 is 0.974. The third-order valence-electron chi connectivity index (χ3n) is 2.85. The first-order valence-electron chi connectivity index (χ1n) is 5.87. The summed E-state index contributed by atoms with van der Waals surface area (Å²) in [7, 11) is 0. The number of aliphatic hydroxyl groups is 1. The number of pyridine rings is 1. The van der Waals surface area contributed by atoms with Gasteiger partial charge in [-0.2, -0.15) is 0 Å². The highest BCUT2D eigenvalue weighted by Gasteiger charge is 2.08. The molecule has 4 nitrogen and oxygen atoms in total. The molecule has 1 atom stereocenters. The Hall–Kier alpha value is -1.33.